The Bertz CT molecular complexity index is 1250. The number of amides is 2. The molecule has 35 heavy (non-hydrogen) atoms. The molecule has 2 amide bonds. The third-order valence-corrected chi connectivity index (χ3v) is 7.94. The van der Waals surface area contributed by atoms with Crippen molar-refractivity contribution in [1.82, 2.24) is 14.3 Å². The highest BCUT2D eigenvalue weighted by Crippen LogP contribution is 2.34. The summed E-state index contributed by atoms with van der Waals surface area (Å²) in [6, 6.07) is 3.73. The van der Waals surface area contributed by atoms with Gasteiger partial charge in [0.1, 0.15) is 15.8 Å². The molecule has 8 nitrogen and oxygen atoms in total. The summed E-state index contributed by atoms with van der Waals surface area (Å²) in [4.78, 5) is 47.3. The second kappa shape index (κ2) is 10.9. The maximum absolute atomic E-state index is 13.6. The van der Waals surface area contributed by atoms with Gasteiger partial charge in [-0.15, -0.1) is 0 Å². The molecule has 2 aliphatic rings. The lowest BCUT2D eigenvalue weighted by atomic mass is 9.96. The van der Waals surface area contributed by atoms with Crippen LogP contribution in [-0.2, 0) is 9.59 Å². The van der Waals surface area contributed by atoms with Crippen LogP contribution in [0.5, 0.6) is 0 Å². The number of unbranched alkanes of at least 4 members (excludes halogenated alkanes) is 3. The van der Waals surface area contributed by atoms with E-state index in [9.17, 15) is 14.4 Å². The van der Waals surface area contributed by atoms with Crippen LogP contribution in [-0.4, -0.2) is 50.1 Å². The number of thiocarbonyl (C=S) groups is 1. The fraction of sp³-hybridized carbons (Fsp3) is 0.480. The normalized spacial score (nSPS) is 18.3. The first kappa shape index (κ1) is 25.4. The van der Waals surface area contributed by atoms with Gasteiger partial charge in [0.05, 0.1) is 10.5 Å². The third-order valence-electron chi connectivity index (χ3n) is 6.57. The topological polar surface area (TPSA) is 101 Å². The molecule has 0 aromatic carbocycles. The number of carbonyl (C=O) groups is 2. The molecule has 10 heteroatoms. The minimum atomic E-state index is -0.297. The quantitative estimate of drug-likeness (QED) is 0.328. The van der Waals surface area contributed by atoms with Crippen molar-refractivity contribution in [2.75, 3.05) is 24.5 Å². The number of nitrogens with zero attached hydrogens (tertiary/aromatic N) is 4. The molecule has 2 aliphatic heterocycles. The maximum atomic E-state index is 13.6. The molecule has 4 heterocycles. The average Bonchev–Trinajstić information content (AvgIpc) is 3.11. The molecule has 2 aromatic heterocycles. The molecule has 2 aromatic rings. The number of aryl methyl sites for hydroxylation is 1. The van der Waals surface area contributed by atoms with E-state index in [0.29, 0.717) is 58.7 Å². The van der Waals surface area contributed by atoms with Gasteiger partial charge in [0.25, 0.3) is 11.5 Å². The van der Waals surface area contributed by atoms with Crippen LogP contribution < -0.4 is 16.2 Å². The molecule has 0 bridgehead atoms. The summed E-state index contributed by atoms with van der Waals surface area (Å²) in [7, 11) is 0. The van der Waals surface area contributed by atoms with Crippen LogP contribution in [0.3, 0.4) is 0 Å². The first-order valence-electron chi connectivity index (χ1n) is 12.1. The lowest BCUT2D eigenvalue weighted by Gasteiger charge is -2.32. The molecule has 2 N–H and O–H groups in total. The highest BCUT2D eigenvalue weighted by Gasteiger charge is 2.33. The van der Waals surface area contributed by atoms with Crippen LogP contribution in [0.2, 0.25) is 0 Å². The van der Waals surface area contributed by atoms with Gasteiger partial charge in [-0.3, -0.25) is 23.7 Å². The second-order valence-electron chi connectivity index (χ2n) is 9.15. The van der Waals surface area contributed by atoms with E-state index in [4.69, 9.17) is 22.9 Å². The van der Waals surface area contributed by atoms with Gasteiger partial charge in [0.2, 0.25) is 5.91 Å². The smallest absolute Gasteiger partial charge is 0.267 e. The second-order valence-corrected chi connectivity index (χ2v) is 10.8. The highest BCUT2D eigenvalue weighted by molar-refractivity contribution is 8.26. The van der Waals surface area contributed by atoms with Gasteiger partial charge in [0.15, 0.2) is 0 Å². The molecule has 4 rings (SSSR count). The molecule has 2 fully saturated rings. The number of nitrogens with two attached hydrogens (primary N) is 1. The lowest BCUT2D eigenvalue weighted by Crippen LogP contribution is -2.40. The molecule has 0 atom stereocenters. The highest BCUT2D eigenvalue weighted by atomic mass is 32.2. The monoisotopic (exact) mass is 513 g/mol. The Morgan fingerprint density at radius 3 is 2.66 bits per heavy atom. The van der Waals surface area contributed by atoms with Crippen molar-refractivity contribution in [3.8, 4) is 0 Å². The number of piperidine rings is 1. The van der Waals surface area contributed by atoms with Crippen LogP contribution in [0.4, 0.5) is 5.82 Å². The van der Waals surface area contributed by atoms with Crippen molar-refractivity contribution in [2.24, 2.45) is 11.7 Å². The summed E-state index contributed by atoms with van der Waals surface area (Å²) >= 11 is 6.72. The van der Waals surface area contributed by atoms with Gasteiger partial charge >= 0.3 is 0 Å². The Kier molecular flexibility index (Phi) is 7.91. The Labute approximate surface area is 214 Å². The third kappa shape index (κ3) is 5.43. The first-order valence-corrected chi connectivity index (χ1v) is 13.3. The zero-order valence-corrected chi connectivity index (χ0v) is 21.8. The van der Waals surface area contributed by atoms with E-state index >= 15 is 0 Å². The van der Waals surface area contributed by atoms with Crippen LogP contribution in [0.25, 0.3) is 11.7 Å². The average molecular weight is 514 g/mol. The molecule has 0 aliphatic carbocycles. The van der Waals surface area contributed by atoms with Gasteiger partial charge in [0, 0.05) is 31.7 Å². The number of thioether (sulfide) groups is 1. The van der Waals surface area contributed by atoms with Gasteiger partial charge in [-0.25, -0.2) is 4.98 Å². The Hall–Kier alpha value is -2.72. The van der Waals surface area contributed by atoms with Gasteiger partial charge in [-0.1, -0.05) is 56.2 Å². The van der Waals surface area contributed by atoms with Gasteiger partial charge < -0.3 is 10.6 Å². The molecule has 0 unspecified atom stereocenters. The van der Waals surface area contributed by atoms with Crippen LogP contribution in [0, 0.1) is 12.8 Å². The number of rotatable bonds is 8. The van der Waals surface area contributed by atoms with Crippen molar-refractivity contribution >= 4 is 57.7 Å². The largest absolute Gasteiger partial charge is 0.369 e. The van der Waals surface area contributed by atoms with E-state index in [-0.39, 0.29) is 23.3 Å². The SMILES string of the molecule is CCCCCCN1C(=O)/C(=C\c2c(N3CCC(C(N)=O)CC3)nc3ccc(C)cn3c2=O)SC1=S. The molecule has 2 saturated heterocycles. The van der Waals surface area contributed by atoms with E-state index in [0.717, 1.165) is 31.2 Å². The van der Waals surface area contributed by atoms with Crippen molar-refractivity contribution in [3.63, 3.8) is 0 Å². The van der Waals surface area contributed by atoms with Crippen molar-refractivity contribution in [2.45, 2.75) is 52.4 Å². The number of hydrogen-bond acceptors (Lipinski definition) is 7. The maximum Gasteiger partial charge on any atom is 0.267 e. The Balaban J connectivity index is 1.71. The van der Waals surface area contributed by atoms with Crippen molar-refractivity contribution in [3.05, 3.63) is 44.7 Å². The van der Waals surface area contributed by atoms with E-state index in [2.05, 4.69) is 6.92 Å². The molecule has 0 spiro atoms. The zero-order valence-electron chi connectivity index (χ0n) is 20.2. The van der Waals surface area contributed by atoms with E-state index in [1.54, 1.807) is 17.2 Å². The van der Waals surface area contributed by atoms with Crippen molar-refractivity contribution < 1.29 is 9.59 Å². The lowest BCUT2D eigenvalue weighted by molar-refractivity contribution is -0.123. The molecular weight excluding hydrogens is 482 g/mol. The number of pyridine rings is 1. The molecule has 0 saturated carbocycles. The summed E-state index contributed by atoms with van der Waals surface area (Å²) in [5.74, 6) is -0.115. The van der Waals surface area contributed by atoms with Crippen LogP contribution >= 0.6 is 24.0 Å². The van der Waals surface area contributed by atoms with E-state index in [1.807, 2.05) is 24.0 Å². The predicted molar refractivity (Wildman–Crippen MR) is 144 cm³/mol. The fourth-order valence-corrected chi connectivity index (χ4v) is 5.80. The van der Waals surface area contributed by atoms with Crippen molar-refractivity contribution in [1.29, 1.82) is 0 Å². The molecule has 186 valence electrons. The Morgan fingerprint density at radius 1 is 1.23 bits per heavy atom. The summed E-state index contributed by atoms with van der Waals surface area (Å²) in [6.07, 6.45) is 8.79. The zero-order chi connectivity index (χ0) is 25.1. The van der Waals surface area contributed by atoms with Gasteiger partial charge in [-0.05, 0) is 43.9 Å². The molecular formula is C25H31N5O3S2. The summed E-state index contributed by atoms with van der Waals surface area (Å²) in [5.41, 5.74) is 7.09. The summed E-state index contributed by atoms with van der Waals surface area (Å²) in [6.45, 7) is 5.76. The number of primary amides is 1. The van der Waals surface area contributed by atoms with E-state index < -0.39 is 0 Å². The van der Waals surface area contributed by atoms with E-state index in [1.165, 1.54) is 16.2 Å². The molecule has 0 radical (unpaired) electrons. The fourth-order valence-electron chi connectivity index (χ4n) is 4.51. The number of fused-ring (bicyclic) bond motifs is 1. The number of carbonyl (C=O) groups excluding carboxylic acids is 2. The standard InChI is InChI=1S/C25H31N5O3S2/c1-3-4-5-6-11-29-24(33)19(35-25(29)34)14-18-22(28-12-9-17(10-13-28)21(26)31)27-20-8-7-16(2)15-30(20)23(18)32/h7-8,14-15,17H,3-6,9-13H2,1-2H3,(H2,26,31)/b19-14+. The minimum Gasteiger partial charge on any atom is -0.369 e. The van der Waals surface area contributed by atoms with Crippen LogP contribution in [0.1, 0.15) is 56.6 Å². The Morgan fingerprint density at radius 2 is 1.97 bits per heavy atom. The predicted octanol–water partition coefficient (Wildman–Crippen LogP) is 3.49. The minimum absolute atomic E-state index is 0.163. The van der Waals surface area contributed by atoms with Gasteiger partial charge in [-0.2, -0.15) is 0 Å². The number of hydrogen-bond donors (Lipinski definition) is 1. The number of anilines is 1. The number of aromatic nitrogens is 2. The first-order chi connectivity index (χ1) is 16.8. The van der Waals surface area contributed by atoms with Crippen LogP contribution in [0.15, 0.2) is 28.0 Å². The summed E-state index contributed by atoms with van der Waals surface area (Å²) < 4.78 is 2.04. The summed E-state index contributed by atoms with van der Waals surface area (Å²) in [5, 5.41) is 0.